The molecule has 3 rings (SSSR count). The van der Waals surface area contributed by atoms with Crippen molar-refractivity contribution in [3.05, 3.63) is 30.4 Å². The molecule has 1 aromatic rings. The highest BCUT2D eigenvalue weighted by molar-refractivity contribution is 6.07. The molecule has 1 saturated heterocycles. The van der Waals surface area contributed by atoms with Crippen LogP contribution in [-0.2, 0) is 9.59 Å². The summed E-state index contributed by atoms with van der Waals surface area (Å²) in [4.78, 5) is 26.3. The van der Waals surface area contributed by atoms with E-state index in [4.69, 9.17) is 10.5 Å². The molecule has 1 aliphatic heterocycles. The zero-order chi connectivity index (χ0) is 16.6. The van der Waals surface area contributed by atoms with Crippen molar-refractivity contribution in [2.75, 3.05) is 12.0 Å². The number of methoxy groups -OCH3 is 1. The number of halogens is 1. The second-order valence-electron chi connectivity index (χ2n) is 6.31. The molecule has 2 aliphatic rings. The summed E-state index contributed by atoms with van der Waals surface area (Å²) in [7, 11) is 1.42. The van der Waals surface area contributed by atoms with E-state index >= 15 is 0 Å². The summed E-state index contributed by atoms with van der Waals surface area (Å²) in [6.07, 6.45) is 5.74. The Hall–Kier alpha value is -2.11. The number of carbonyl (C=O) groups excluding carboxylic acids is 2. The van der Waals surface area contributed by atoms with Crippen LogP contribution in [-0.4, -0.2) is 25.0 Å². The van der Waals surface area contributed by atoms with Gasteiger partial charge in [-0.15, -0.1) is 0 Å². The molecular formula is C17H20FN2O3. The van der Waals surface area contributed by atoms with Crippen molar-refractivity contribution in [2.24, 2.45) is 11.1 Å². The Labute approximate surface area is 134 Å². The molecule has 23 heavy (non-hydrogen) atoms. The normalized spacial score (nSPS) is 23.3. The average Bonchev–Trinajstić information content (AvgIpc) is 2.81. The summed E-state index contributed by atoms with van der Waals surface area (Å²) in [5, 5.41) is 0. The lowest BCUT2D eigenvalue weighted by atomic mass is 9.72. The van der Waals surface area contributed by atoms with E-state index in [0.29, 0.717) is 24.3 Å². The Balaban J connectivity index is 2.03. The molecule has 123 valence electrons. The molecule has 2 N–H and O–H groups in total. The standard InChI is InChI=1S/C17H20FN2O3/c1-23-13-8-11(18)7-12(9-13)20-14(15(19)21)10-17(16(20)22)5-3-2-4-6-17/h3,7-9,14H,2,4-6,10H2,1H3,(H2,19,21). The molecule has 2 atom stereocenters. The third-order valence-electron chi connectivity index (χ3n) is 4.87. The van der Waals surface area contributed by atoms with Crippen LogP contribution in [0.1, 0.15) is 32.1 Å². The molecular weight excluding hydrogens is 299 g/mol. The molecule has 0 bridgehead atoms. The number of benzene rings is 1. The topological polar surface area (TPSA) is 72.6 Å². The van der Waals surface area contributed by atoms with Gasteiger partial charge >= 0.3 is 0 Å². The second kappa shape index (κ2) is 5.83. The summed E-state index contributed by atoms with van der Waals surface area (Å²) in [6, 6.07) is 3.28. The first kappa shape index (κ1) is 15.8. The van der Waals surface area contributed by atoms with Crippen molar-refractivity contribution >= 4 is 17.5 Å². The first-order chi connectivity index (χ1) is 11.0. The summed E-state index contributed by atoms with van der Waals surface area (Å²) in [5.41, 5.74) is 5.25. The Morgan fingerprint density at radius 2 is 2.22 bits per heavy atom. The Morgan fingerprint density at radius 1 is 1.43 bits per heavy atom. The molecule has 2 fully saturated rings. The van der Waals surface area contributed by atoms with Gasteiger partial charge < -0.3 is 10.5 Å². The highest BCUT2D eigenvalue weighted by Gasteiger charge is 2.54. The van der Waals surface area contributed by atoms with Crippen molar-refractivity contribution in [3.8, 4) is 5.75 Å². The highest BCUT2D eigenvalue weighted by Crippen LogP contribution is 2.48. The van der Waals surface area contributed by atoms with E-state index < -0.39 is 23.2 Å². The number of hydrogen-bond donors (Lipinski definition) is 1. The van der Waals surface area contributed by atoms with E-state index in [1.165, 1.54) is 24.1 Å². The largest absolute Gasteiger partial charge is 0.497 e. The van der Waals surface area contributed by atoms with Gasteiger partial charge in [0, 0.05) is 12.1 Å². The van der Waals surface area contributed by atoms with Crippen molar-refractivity contribution in [1.82, 2.24) is 0 Å². The summed E-state index contributed by atoms with van der Waals surface area (Å²) < 4.78 is 18.9. The van der Waals surface area contributed by atoms with Crippen molar-refractivity contribution < 1.29 is 18.7 Å². The third-order valence-corrected chi connectivity index (χ3v) is 4.87. The minimum Gasteiger partial charge on any atom is -0.497 e. The lowest BCUT2D eigenvalue weighted by Crippen LogP contribution is -2.43. The number of nitrogens with zero attached hydrogens (tertiary/aromatic N) is 1. The summed E-state index contributed by atoms with van der Waals surface area (Å²) in [5.74, 6) is -0.937. The quantitative estimate of drug-likeness (QED) is 0.928. The van der Waals surface area contributed by atoms with E-state index in [2.05, 4.69) is 6.42 Å². The Bertz CT molecular complexity index is 641. The molecule has 1 aliphatic carbocycles. The van der Waals surface area contributed by atoms with Crippen LogP contribution >= 0.6 is 0 Å². The van der Waals surface area contributed by atoms with E-state index in [1.54, 1.807) is 6.07 Å². The van der Waals surface area contributed by atoms with Crippen LogP contribution in [0.25, 0.3) is 0 Å². The van der Waals surface area contributed by atoms with Crippen molar-refractivity contribution in [1.29, 1.82) is 0 Å². The predicted octanol–water partition coefficient (Wildman–Crippen LogP) is 2.19. The lowest BCUT2D eigenvalue weighted by Gasteiger charge is -2.31. The van der Waals surface area contributed by atoms with Gasteiger partial charge in [0.05, 0.1) is 18.2 Å². The van der Waals surface area contributed by atoms with Crippen LogP contribution < -0.4 is 15.4 Å². The molecule has 2 amide bonds. The number of carbonyl (C=O) groups is 2. The molecule has 1 aromatic carbocycles. The zero-order valence-electron chi connectivity index (χ0n) is 13.0. The molecule has 1 spiro atoms. The SMILES string of the molecule is COc1cc(F)cc(N2C(=O)C3(C[CH]CCC3)CC2C(N)=O)c1. The number of primary amides is 1. The van der Waals surface area contributed by atoms with Gasteiger partial charge in [0.1, 0.15) is 17.6 Å². The molecule has 1 heterocycles. The maximum atomic E-state index is 13.8. The first-order valence-electron chi connectivity index (χ1n) is 7.76. The van der Waals surface area contributed by atoms with Gasteiger partial charge in [-0.1, -0.05) is 12.8 Å². The molecule has 6 heteroatoms. The van der Waals surface area contributed by atoms with E-state index in [0.717, 1.165) is 19.3 Å². The van der Waals surface area contributed by atoms with Crippen molar-refractivity contribution in [3.63, 3.8) is 0 Å². The molecule has 1 radical (unpaired) electrons. The van der Waals surface area contributed by atoms with Gasteiger partial charge in [0.15, 0.2) is 0 Å². The van der Waals surface area contributed by atoms with Gasteiger partial charge in [-0.05, 0) is 31.7 Å². The van der Waals surface area contributed by atoms with Crippen LogP contribution in [0.2, 0.25) is 0 Å². The first-order valence-corrected chi connectivity index (χ1v) is 7.76. The maximum Gasteiger partial charge on any atom is 0.240 e. The molecule has 5 nitrogen and oxygen atoms in total. The van der Waals surface area contributed by atoms with Crippen LogP contribution in [0.5, 0.6) is 5.75 Å². The van der Waals surface area contributed by atoms with Crippen LogP contribution in [0, 0.1) is 17.7 Å². The maximum absolute atomic E-state index is 13.8. The molecule has 0 aromatic heterocycles. The van der Waals surface area contributed by atoms with Gasteiger partial charge in [-0.2, -0.15) is 0 Å². The third kappa shape index (κ3) is 2.66. The smallest absolute Gasteiger partial charge is 0.240 e. The number of amides is 2. The van der Waals surface area contributed by atoms with Crippen molar-refractivity contribution in [2.45, 2.75) is 38.1 Å². The Kier molecular flexibility index (Phi) is 4.00. The van der Waals surface area contributed by atoms with Gasteiger partial charge in [0.2, 0.25) is 11.8 Å². The fourth-order valence-electron chi connectivity index (χ4n) is 3.72. The number of hydrogen-bond acceptors (Lipinski definition) is 3. The van der Waals surface area contributed by atoms with Crippen LogP contribution in [0.4, 0.5) is 10.1 Å². The minimum absolute atomic E-state index is 0.148. The monoisotopic (exact) mass is 319 g/mol. The van der Waals surface area contributed by atoms with E-state index in [9.17, 15) is 14.0 Å². The van der Waals surface area contributed by atoms with Crippen LogP contribution in [0.3, 0.4) is 0 Å². The zero-order valence-corrected chi connectivity index (χ0v) is 13.0. The number of nitrogens with two attached hydrogens (primary N) is 1. The second-order valence-corrected chi connectivity index (χ2v) is 6.31. The van der Waals surface area contributed by atoms with E-state index in [-0.39, 0.29) is 5.91 Å². The Morgan fingerprint density at radius 3 is 2.83 bits per heavy atom. The number of ether oxygens (including phenoxy) is 1. The average molecular weight is 319 g/mol. The fourth-order valence-corrected chi connectivity index (χ4v) is 3.72. The fraction of sp³-hybridized carbons (Fsp3) is 0.471. The van der Waals surface area contributed by atoms with Gasteiger partial charge in [-0.25, -0.2) is 4.39 Å². The van der Waals surface area contributed by atoms with Gasteiger partial charge in [-0.3, -0.25) is 14.5 Å². The van der Waals surface area contributed by atoms with Gasteiger partial charge in [0.25, 0.3) is 0 Å². The van der Waals surface area contributed by atoms with E-state index in [1.807, 2.05) is 0 Å². The minimum atomic E-state index is -0.750. The van der Waals surface area contributed by atoms with Crippen LogP contribution in [0.15, 0.2) is 18.2 Å². The summed E-state index contributed by atoms with van der Waals surface area (Å²) in [6.45, 7) is 0. The summed E-state index contributed by atoms with van der Waals surface area (Å²) >= 11 is 0. The lowest BCUT2D eigenvalue weighted by molar-refractivity contribution is -0.126. The highest BCUT2D eigenvalue weighted by atomic mass is 19.1. The number of anilines is 1. The predicted molar refractivity (Wildman–Crippen MR) is 83.2 cm³/mol. The molecule has 1 saturated carbocycles. The molecule has 2 unspecified atom stereocenters. The number of rotatable bonds is 3.